The number of carbonyl (C=O) groups is 1. The molecule has 0 bridgehead atoms. The van der Waals surface area contributed by atoms with E-state index in [1.54, 1.807) is 0 Å². The Balaban J connectivity index is 3.10. The molecule has 0 aliphatic rings. The van der Waals surface area contributed by atoms with E-state index in [0.29, 0.717) is 6.42 Å². The average Bonchev–Trinajstić information content (AvgIpc) is 2.05. The highest BCUT2D eigenvalue weighted by atomic mass is 16.1. The smallest absolute Gasteiger partial charge is 0.231 e. The van der Waals surface area contributed by atoms with Crippen LogP contribution in [0.5, 0.6) is 0 Å². The summed E-state index contributed by atoms with van der Waals surface area (Å²) in [5.41, 5.74) is 0. The van der Waals surface area contributed by atoms with E-state index in [1.165, 1.54) is 19.3 Å². The summed E-state index contributed by atoms with van der Waals surface area (Å²) in [6, 6.07) is 2.12. The van der Waals surface area contributed by atoms with Gasteiger partial charge in [-0.15, -0.1) is 0 Å². The fourth-order valence-corrected chi connectivity index (χ4v) is 1.03. The zero-order chi connectivity index (χ0) is 9.23. The lowest BCUT2D eigenvalue weighted by Crippen LogP contribution is -2.16. The molecule has 0 heterocycles. The zero-order valence-electron chi connectivity index (χ0n) is 7.73. The molecule has 0 atom stereocenters. The molecule has 0 aliphatic heterocycles. The lowest BCUT2D eigenvalue weighted by Gasteiger charge is -1.98. The van der Waals surface area contributed by atoms with E-state index in [-0.39, 0.29) is 5.91 Å². The fourth-order valence-electron chi connectivity index (χ4n) is 1.03. The van der Waals surface area contributed by atoms with Crippen molar-refractivity contribution in [3.8, 4) is 12.5 Å². The molecule has 0 unspecified atom stereocenters. The van der Waals surface area contributed by atoms with Crippen LogP contribution < -0.4 is 5.32 Å². The first kappa shape index (κ1) is 11.0. The standard InChI is InChI=1S/C10H17NO/c1-3-5-6-7-8-9-10(12)11-4-2/h2H,3,5-9H2,1H3,(H,11,12). The Hall–Kier alpha value is -0.970. The molecule has 0 fully saturated rings. The van der Waals surface area contributed by atoms with Gasteiger partial charge in [-0.3, -0.25) is 10.1 Å². The van der Waals surface area contributed by atoms with Crippen molar-refractivity contribution in [2.45, 2.75) is 45.4 Å². The summed E-state index contributed by atoms with van der Waals surface area (Å²) in [5, 5.41) is 2.33. The molecule has 12 heavy (non-hydrogen) atoms. The van der Waals surface area contributed by atoms with Crippen LogP contribution in [0.2, 0.25) is 0 Å². The van der Waals surface area contributed by atoms with Gasteiger partial charge in [0.15, 0.2) is 0 Å². The number of nitrogens with one attached hydrogen (secondary N) is 1. The van der Waals surface area contributed by atoms with Gasteiger partial charge in [0.1, 0.15) is 0 Å². The molecule has 0 aliphatic carbocycles. The molecule has 0 aromatic carbocycles. The minimum absolute atomic E-state index is 0.0333. The number of hydrogen-bond donors (Lipinski definition) is 1. The third kappa shape index (κ3) is 7.14. The van der Waals surface area contributed by atoms with Gasteiger partial charge in [0.2, 0.25) is 5.91 Å². The third-order valence-electron chi connectivity index (χ3n) is 1.72. The summed E-state index contributed by atoms with van der Waals surface area (Å²) in [6.07, 6.45) is 11.3. The summed E-state index contributed by atoms with van der Waals surface area (Å²) in [4.78, 5) is 10.8. The number of terminal acetylenes is 1. The first-order chi connectivity index (χ1) is 5.81. The van der Waals surface area contributed by atoms with Crippen molar-refractivity contribution in [2.75, 3.05) is 0 Å². The van der Waals surface area contributed by atoms with E-state index in [1.807, 2.05) is 0 Å². The van der Waals surface area contributed by atoms with Crippen LogP contribution >= 0.6 is 0 Å². The van der Waals surface area contributed by atoms with Crippen molar-refractivity contribution in [3.05, 3.63) is 0 Å². The summed E-state index contributed by atoms with van der Waals surface area (Å²) in [5.74, 6) is -0.0333. The van der Waals surface area contributed by atoms with Gasteiger partial charge in [-0.2, -0.15) is 0 Å². The van der Waals surface area contributed by atoms with Crippen molar-refractivity contribution in [2.24, 2.45) is 0 Å². The first-order valence-corrected chi connectivity index (χ1v) is 4.55. The molecule has 68 valence electrons. The lowest BCUT2D eigenvalue weighted by molar-refractivity contribution is -0.120. The summed E-state index contributed by atoms with van der Waals surface area (Å²) < 4.78 is 0. The molecule has 0 rings (SSSR count). The molecule has 0 spiro atoms. The first-order valence-electron chi connectivity index (χ1n) is 4.55. The van der Waals surface area contributed by atoms with E-state index >= 15 is 0 Å². The number of hydrogen-bond acceptors (Lipinski definition) is 1. The van der Waals surface area contributed by atoms with Gasteiger partial charge in [0.25, 0.3) is 0 Å². The maximum atomic E-state index is 10.8. The lowest BCUT2D eigenvalue weighted by atomic mass is 10.1. The molecule has 0 aromatic heterocycles. The predicted octanol–water partition coefficient (Wildman–Crippen LogP) is 2.05. The largest absolute Gasteiger partial charge is 0.285 e. The molecule has 0 radical (unpaired) electrons. The molecular weight excluding hydrogens is 150 g/mol. The molecule has 2 heteroatoms. The van der Waals surface area contributed by atoms with Crippen LogP contribution in [0.1, 0.15) is 45.4 Å². The number of rotatable bonds is 6. The maximum Gasteiger partial charge on any atom is 0.231 e. The summed E-state index contributed by atoms with van der Waals surface area (Å²) >= 11 is 0. The zero-order valence-corrected chi connectivity index (χ0v) is 7.73. The SMILES string of the molecule is C#CNC(=O)CCCCCCC. The Morgan fingerprint density at radius 3 is 2.58 bits per heavy atom. The van der Waals surface area contributed by atoms with Gasteiger partial charge in [0.05, 0.1) is 0 Å². The highest BCUT2D eigenvalue weighted by molar-refractivity contribution is 5.77. The number of unbranched alkanes of at least 4 members (excludes halogenated alkanes) is 4. The van der Waals surface area contributed by atoms with E-state index < -0.39 is 0 Å². The van der Waals surface area contributed by atoms with E-state index in [0.717, 1.165) is 12.8 Å². The molecule has 0 saturated carbocycles. The van der Waals surface area contributed by atoms with Gasteiger partial charge in [0, 0.05) is 12.5 Å². The van der Waals surface area contributed by atoms with Crippen molar-refractivity contribution in [1.82, 2.24) is 5.32 Å². The molecule has 2 nitrogen and oxygen atoms in total. The average molecular weight is 167 g/mol. The number of amides is 1. The second-order valence-electron chi connectivity index (χ2n) is 2.86. The highest BCUT2D eigenvalue weighted by Crippen LogP contribution is 2.04. The van der Waals surface area contributed by atoms with Crippen molar-refractivity contribution in [1.29, 1.82) is 0 Å². The Labute approximate surface area is 74.7 Å². The number of carbonyl (C=O) groups excluding carboxylic acids is 1. The van der Waals surface area contributed by atoms with Crippen LogP contribution in [0.25, 0.3) is 0 Å². The predicted molar refractivity (Wildman–Crippen MR) is 50.4 cm³/mol. The minimum Gasteiger partial charge on any atom is -0.285 e. The van der Waals surface area contributed by atoms with Gasteiger partial charge in [-0.05, 0) is 6.42 Å². The Morgan fingerprint density at radius 2 is 2.00 bits per heavy atom. The van der Waals surface area contributed by atoms with Crippen LogP contribution in [-0.2, 0) is 4.79 Å². The van der Waals surface area contributed by atoms with Crippen LogP contribution in [0.3, 0.4) is 0 Å². The normalized spacial score (nSPS) is 9.00. The van der Waals surface area contributed by atoms with Gasteiger partial charge in [-0.1, -0.05) is 39.0 Å². The van der Waals surface area contributed by atoms with Crippen LogP contribution in [0.15, 0.2) is 0 Å². The van der Waals surface area contributed by atoms with E-state index in [4.69, 9.17) is 6.42 Å². The second kappa shape index (κ2) is 8.13. The molecule has 1 N–H and O–H groups in total. The Morgan fingerprint density at radius 1 is 1.33 bits per heavy atom. The van der Waals surface area contributed by atoms with Crippen molar-refractivity contribution >= 4 is 5.91 Å². The Bertz CT molecular complexity index is 158. The third-order valence-corrected chi connectivity index (χ3v) is 1.72. The van der Waals surface area contributed by atoms with Crippen LogP contribution in [-0.4, -0.2) is 5.91 Å². The van der Waals surface area contributed by atoms with Crippen molar-refractivity contribution < 1.29 is 4.79 Å². The highest BCUT2D eigenvalue weighted by Gasteiger charge is 1.97. The fraction of sp³-hybridized carbons (Fsp3) is 0.700. The van der Waals surface area contributed by atoms with Gasteiger partial charge >= 0.3 is 0 Å². The molecule has 0 aromatic rings. The summed E-state index contributed by atoms with van der Waals surface area (Å²) in [7, 11) is 0. The van der Waals surface area contributed by atoms with Gasteiger partial charge < -0.3 is 0 Å². The monoisotopic (exact) mass is 167 g/mol. The van der Waals surface area contributed by atoms with Crippen LogP contribution in [0, 0.1) is 12.5 Å². The van der Waals surface area contributed by atoms with E-state index in [2.05, 4.69) is 18.3 Å². The van der Waals surface area contributed by atoms with Gasteiger partial charge in [-0.25, -0.2) is 0 Å². The molecule has 1 amide bonds. The van der Waals surface area contributed by atoms with Crippen molar-refractivity contribution in [3.63, 3.8) is 0 Å². The Kier molecular flexibility index (Phi) is 7.47. The minimum atomic E-state index is -0.0333. The maximum absolute atomic E-state index is 10.8. The quantitative estimate of drug-likeness (QED) is 0.366. The second-order valence-corrected chi connectivity index (χ2v) is 2.86. The molecular formula is C10H17NO. The van der Waals surface area contributed by atoms with E-state index in [9.17, 15) is 4.79 Å². The summed E-state index contributed by atoms with van der Waals surface area (Å²) in [6.45, 7) is 2.17. The van der Waals surface area contributed by atoms with Crippen LogP contribution in [0.4, 0.5) is 0 Å². The molecule has 0 saturated heterocycles. The topological polar surface area (TPSA) is 29.1 Å².